The van der Waals surface area contributed by atoms with E-state index in [0.29, 0.717) is 11.6 Å². The summed E-state index contributed by atoms with van der Waals surface area (Å²) in [5, 5.41) is 12.5. The van der Waals surface area contributed by atoms with Crippen LogP contribution in [-0.4, -0.2) is 16.1 Å². The van der Waals surface area contributed by atoms with E-state index in [0.717, 1.165) is 21.7 Å². The van der Waals surface area contributed by atoms with Crippen molar-refractivity contribution in [1.82, 2.24) is 10.2 Å². The molecule has 5 heteroatoms. The van der Waals surface area contributed by atoms with E-state index >= 15 is 0 Å². The molecule has 1 N–H and O–H groups in total. The lowest BCUT2D eigenvalue weighted by Crippen LogP contribution is -2.16. The number of hydrogen-bond donors (Lipinski definition) is 1. The molecule has 0 atom stereocenters. The maximum absolute atomic E-state index is 12.7. The van der Waals surface area contributed by atoms with Gasteiger partial charge in [0.2, 0.25) is 11.0 Å². The van der Waals surface area contributed by atoms with Crippen LogP contribution in [0.15, 0.2) is 91.0 Å². The van der Waals surface area contributed by atoms with Gasteiger partial charge in [-0.25, -0.2) is 0 Å². The summed E-state index contributed by atoms with van der Waals surface area (Å²) < 4.78 is 0. The average Bonchev–Trinajstić information content (AvgIpc) is 3.22. The second kappa shape index (κ2) is 8.59. The average molecular weight is 385 g/mol. The number of aromatic nitrogens is 2. The highest BCUT2D eigenvalue weighted by atomic mass is 32.1. The summed E-state index contributed by atoms with van der Waals surface area (Å²) >= 11 is 1.38. The Labute approximate surface area is 167 Å². The van der Waals surface area contributed by atoms with E-state index in [1.165, 1.54) is 11.3 Å². The molecule has 0 unspecified atom stereocenters. The van der Waals surface area contributed by atoms with Crippen LogP contribution >= 0.6 is 11.3 Å². The van der Waals surface area contributed by atoms with Crippen LogP contribution < -0.4 is 5.32 Å². The lowest BCUT2D eigenvalue weighted by Gasteiger charge is -2.17. The van der Waals surface area contributed by atoms with Gasteiger partial charge in [-0.2, -0.15) is 0 Å². The largest absolute Gasteiger partial charge is 0.300 e. The fourth-order valence-corrected chi connectivity index (χ4v) is 3.89. The molecule has 28 heavy (non-hydrogen) atoms. The number of carbonyl (C=O) groups is 1. The van der Waals surface area contributed by atoms with E-state index in [-0.39, 0.29) is 11.8 Å². The van der Waals surface area contributed by atoms with Gasteiger partial charge in [-0.1, -0.05) is 102 Å². The van der Waals surface area contributed by atoms with E-state index < -0.39 is 0 Å². The Morgan fingerprint density at radius 1 is 0.786 bits per heavy atom. The number of nitrogens with zero attached hydrogens (tertiary/aromatic N) is 2. The third-order valence-corrected chi connectivity index (χ3v) is 5.37. The number of benzene rings is 3. The van der Waals surface area contributed by atoms with E-state index in [9.17, 15) is 4.79 Å². The third-order valence-electron chi connectivity index (χ3n) is 4.49. The van der Waals surface area contributed by atoms with Crippen molar-refractivity contribution in [3.63, 3.8) is 0 Å². The zero-order chi connectivity index (χ0) is 19.2. The van der Waals surface area contributed by atoms with Crippen LogP contribution in [0.1, 0.15) is 23.5 Å². The lowest BCUT2D eigenvalue weighted by atomic mass is 9.88. The first-order chi connectivity index (χ1) is 13.8. The van der Waals surface area contributed by atoms with Crippen LogP contribution in [0.3, 0.4) is 0 Å². The van der Waals surface area contributed by atoms with Gasteiger partial charge in [0.05, 0.1) is 0 Å². The first-order valence-corrected chi connectivity index (χ1v) is 9.90. The highest BCUT2D eigenvalue weighted by Gasteiger charge is 2.19. The molecule has 0 bridgehead atoms. The number of amides is 1. The molecule has 3 aromatic carbocycles. The van der Waals surface area contributed by atoms with Crippen LogP contribution in [0.25, 0.3) is 10.6 Å². The van der Waals surface area contributed by atoms with Crippen LogP contribution in [-0.2, 0) is 4.79 Å². The minimum atomic E-state index is -0.0755. The predicted octanol–water partition coefficient (Wildman–Crippen LogP) is 5.37. The maximum Gasteiger partial charge on any atom is 0.227 e. The monoisotopic (exact) mass is 385 g/mol. The van der Waals surface area contributed by atoms with Crippen molar-refractivity contribution in [2.75, 3.05) is 5.32 Å². The number of anilines is 1. The highest BCUT2D eigenvalue weighted by molar-refractivity contribution is 7.18. The Hall–Kier alpha value is -3.31. The number of carbonyl (C=O) groups excluding carboxylic acids is 1. The van der Waals surface area contributed by atoms with Gasteiger partial charge in [-0.05, 0) is 11.1 Å². The fourth-order valence-electron chi connectivity index (χ4n) is 3.13. The molecule has 138 valence electrons. The molecule has 0 aliphatic heterocycles. The summed E-state index contributed by atoms with van der Waals surface area (Å²) in [4.78, 5) is 12.7. The van der Waals surface area contributed by atoms with Crippen LogP contribution in [0.4, 0.5) is 5.13 Å². The Bertz CT molecular complexity index is 994. The molecular weight excluding hydrogens is 366 g/mol. The summed E-state index contributed by atoms with van der Waals surface area (Å²) in [6.45, 7) is 0. The van der Waals surface area contributed by atoms with Crippen molar-refractivity contribution in [3.05, 3.63) is 102 Å². The van der Waals surface area contributed by atoms with Gasteiger partial charge in [0, 0.05) is 17.9 Å². The Morgan fingerprint density at radius 2 is 1.32 bits per heavy atom. The Kier molecular flexibility index (Phi) is 5.54. The van der Waals surface area contributed by atoms with Gasteiger partial charge in [0.1, 0.15) is 5.01 Å². The minimum Gasteiger partial charge on any atom is -0.300 e. The SMILES string of the molecule is O=C(CC(c1ccccc1)c1ccccc1)Nc1nnc(-c2ccccc2)s1. The van der Waals surface area contributed by atoms with Crippen molar-refractivity contribution in [3.8, 4) is 10.6 Å². The standard InChI is InChI=1S/C23H19N3OS/c27-21(24-23-26-25-22(28-23)19-14-8-3-9-15-19)16-20(17-10-4-1-5-11-17)18-12-6-2-7-13-18/h1-15,20H,16H2,(H,24,26,27). The third kappa shape index (κ3) is 4.32. The molecule has 4 rings (SSSR count). The van der Waals surface area contributed by atoms with Crippen LogP contribution in [0, 0.1) is 0 Å². The zero-order valence-electron chi connectivity index (χ0n) is 15.2. The van der Waals surface area contributed by atoms with Crippen molar-refractivity contribution < 1.29 is 4.79 Å². The Balaban J connectivity index is 1.50. The van der Waals surface area contributed by atoms with Gasteiger partial charge in [-0.3, -0.25) is 4.79 Å². The first kappa shape index (κ1) is 18.1. The molecule has 1 aromatic heterocycles. The molecule has 0 saturated carbocycles. The molecule has 4 aromatic rings. The van der Waals surface area contributed by atoms with Crippen molar-refractivity contribution in [1.29, 1.82) is 0 Å². The van der Waals surface area contributed by atoms with Gasteiger partial charge >= 0.3 is 0 Å². The van der Waals surface area contributed by atoms with E-state index in [1.54, 1.807) is 0 Å². The smallest absolute Gasteiger partial charge is 0.227 e. The highest BCUT2D eigenvalue weighted by Crippen LogP contribution is 2.30. The molecular formula is C23H19N3OS. The number of rotatable bonds is 6. The van der Waals surface area contributed by atoms with Crippen LogP contribution in [0.5, 0.6) is 0 Å². The Morgan fingerprint density at radius 3 is 1.89 bits per heavy atom. The number of hydrogen-bond acceptors (Lipinski definition) is 4. The molecule has 0 saturated heterocycles. The van der Waals surface area contributed by atoms with Gasteiger partial charge in [0.25, 0.3) is 0 Å². The molecule has 0 aliphatic rings. The fraction of sp³-hybridized carbons (Fsp3) is 0.0870. The minimum absolute atomic E-state index is 0.0103. The van der Waals surface area contributed by atoms with Gasteiger partial charge in [0.15, 0.2) is 0 Å². The first-order valence-electron chi connectivity index (χ1n) is 9.08. The zero-order valence-corrected chi connectivity index (χ0v) is 16.0. The predicted molar refractivity (Wildman–Crippen MR) is 113 cm³/mol. The molecule has 0 aliphatic carbocycles. The van der Waals surface area contributed by atoms with Crippen molar-refractivity contribution in [2.45, 2.75) is 12.3 Å². The summed E-state index contributed by atoms with van der Waals surface area (Å²) in [6.07, 6.45) is 0.342. The molecule has 1 heterocycles. The molecule has 0 fully saturated rings. The van der Waals surface area contributed by atoms with Crippen LogP contribution in [0.2, 0.25) is 0 Å². The van der Waals surface area contributed by atoms with Crippen molar-refractivity contribution in [2.24, 2.45) is 0 Å². The molecule has 4 nitrogen and oxygen atoms in total. The van der Waals surface area contributed by atoms with E-state index in [1.807, 2.05) is 66.7 Å². The second-order valence-electron chi connectivity index (χ2n) is 6.40. The number of nitrogens with one attached hydrogen (secondary N) is 1. The summed E-state index contributed by atoms with van der Waals surface area (Å²) in [7, 11) is 0. The van der Waals surface area contributed by atoms with Gasteiger partial charge in [-0.15, -0.1) is 10.2 Å². The van der Waals surface area contributed by atoms with E-state index in [4.69, 9.17) is 0 Å². The van der Waals surface area contributed by atoms with E-state index in [2.05, 4.69) is 39.8 Å². The molecule has 1 amide bonds. The quantitative estimate of drug-likeness (QED) is 0.486. The lowest BCUT2D eigenvalue weighted by molar-refractivity contribution is -0.116. The second-order valence-corrected chi connectivity index (χ2v) is 7.38. The molecule has 0 spiro atoms. The topological polar surface area (TPSA) is 54.9 Å². The van der Waals surface area contributed by atoms with Crippen molar-refractivity contribution >= 4 is 22.4 Å². The normalized spacial score (nSPS) is 10.8. The maximum atomic E-state index is 12.7. The molecule has 0 radical (unpaired) electrons. The summed E-state index contributed by atoms with van der Waals surface area (Å²) in [5.74, 6) is -0.0858. The van der Waals surface area contributed by atoms with Gasteiger partial charge < -0.3 is 5.32 Å². The summed E-state index contributed by atoms with van der Waals surface area (Å²) in [6, 6.07) is 30.0. The summed E-state index contributed by atoms with van der Waals surface area (Å²) in [5.41, 5.74) is 3.23.